The molecule has 0 unspecified atom stereocenters. The van der Waals surface area contributed by atoms with Crippen molar-refractivity contribution in [3.8, 4) is 0 Å². The molecule has 0 aliphatic rings. The highest BCUT2D eigenvalue weighted by Crippen LogP contribution is 2.09. The summed E-state index contributed by atoms with van der Waals surface area (Å²) in [5.41, 5.74) is 0. The van der Waals surface area contributed by atoms with Crippen molar-refractivity contribution in [2.75, 3.05) is 20.3 Å². The van der Waals surface area contributed by atoms with Crippen LogP contribution < -0.4 is 5.32 Å². The van der Waals surface area contributed by atoms with Gasteiger partial charge < -0.3 is 14.5 Å². The van der Waals surface area contributed by atoms with Crippen LogP contribution in [0.15, 0.2) is 16.5 Å². The van der Waals surface area contributed by atoms with E-state index in [0.29, 0.717) is 18.9 Å². The molecule has 1 aromatic heterocycles. The van der Waals surface area contributed by atoms with E-state index >= 15 is 0 Å². The van der Waals surface area contributed by atoms with Crippen LogP contribution in [0.4, 0.5) is 0 Å². The van der Waals surface area contributed by atoms with Gasteiger partial charge in [-0.2, -0.15) is 0 Å². The molecule has 0 bridgehead atoms. The maximum atomic E-state index is 11.3. The van der Waals surface area contributed by atoms with Crippen LogP contribution in [0.25, 0.3) is 0 Å². The third-order valence-electron chi connectivity index (χ3n) is 1.61. The molecule has 5 heteroatoms. The van der Waals surface area contributed by atoms with Crippen LogP contribution in [-0.2, 0) is 10.6 Å². The van der Waals surface area contributed by atoms with E-state index in [1.807, 2.05) is 0 Å². The Bertz CT molecular complexity index is 298. The second-order valence-corrected chi connectivity index (χ2v) is 2.92. The molecule has 14 heavy (non-hydrogen) atoms. The molecule has 0 atom stereocenters. The van der Waals surface area contributed by atoms with E-state index in [2.05, 4.69) is 5.32 Å². The van der Waals surface area contributed by atoms with Gasteiger partial charge in [-0.15, -0.1) is 11.6 Å². The zero-order valence-corrected chi connectivity index (χ0v) is 8.63. The van der Waals surface area contributed by atoms with Gasteiger partial charge in [0.2, 0.25) is 0 Å². The zero-order valence-electron chi connectivity index (χ0n) is 7.88. The van der Waals surface area contributed by atoms with E-state index in [0.717, 1.165) is 0 Å². The van der Waals surface area contributed by atoms with Crippen LogP contribution in [0.3, 0.4) is 0 Å². The maximum Gasteiger partial charge on any atom is 0.287 e. The number of halogens is 1. The smallest absolute Gasteiger partial charge is 0.287 e. The third kappa shape index (κ3) is 3.05. The summed E-state index contributed by atoms with van der Waals surface area (Å²) in [5, 5.41) is 2.64. The first kappa shape index (κ1) is 11.1. The predicted octanol–water partition coefficient (Wildman–Crippen LogP) is 1.39. The van der Waals surface area contributed by atoms with Crippen molar-refractivity contribution in [3.63, 3.8) is 0 Å². The van der Waals surface area contributed by atoms with Crippen LogP contribution in [0, 0.1) is 0 Å². The minimum atomic E-state index is -0.251. The van der Waals surface area contributed by atoms with Gasteiger partial charge in [-0.25, -0.2) is 0 Å². The highest BCUT2D eigenvalue weighted by Gasteiger charge is 2.09. The molecule has 0 saturated carbocycles. The first-order chi connectivity index (χ1) is 6.77. The van der Waals surface area contributed by atoms with Crippen molar-refractivity contribution < 1.29 is 13.9 Å². The minimum Gasteiger partial charge on any atom is -0.455 e. The van der Waals surface area contributed by atoms with E-state index in [1.54, 1.807) is 19.2 Å². The van der Waals surface area contributed by atoms with E-state index < -0.39 is 0 Å². The highest BCUT2D eigenvalue weighted by molar-refractivity contribution is 6.16. The Balaban J connectivity index is 2.44. The Labute approximate surface area is 87.2 Å². The molecule has 0 fully saturated rings. The lowest BCUT2D eigenvalue weighted by Gasteiger charge is -2.00. The zero-order chi connectivity index (χ0) is 10.4. The average molecular weight is 218 g/mol. The Kier molecular flexibility index (Phi) is 4.49. The molecule has 0 aliphatic heterocycles. The number of methoxy groups -OCH3 is 1. The van der Waals surface area contributed by atoms with Gasteiger partial charge in [0.05, 0.1) is 12.5 Å². The molecule has 1 N–H and O–H groups in total. The molecule has 0 radical (unpaired) electrons. The SMILES string of the molecule is COCCNC(=O)c1ccc(CCl)o1. The van der Waals surface area contributed by atoms with Gasteiger partial charge in [0, 0.05) is 13.7 Å². The molecule has 1 rings (SSSR count). The van der Waals surface area contributed by atoms with Crippen molar-refractivity contribution in [2.45, 2.75) is 5.88 Å². The molecule has 1 aromatic rings. The van der Waals surface area contributed by atoms with Gasteiger partial charge in [-0.05, 0) is 12.1 Å². The number of furan rings is 1. The molecule has 4 nitrogen and oxygen atoms in total. The molecular weight excluding hydrogens is 206 g/mol. The van der Waals surface area contributed by atoms with Gasteiger partial charge in [0.1, 0.15) is 5.76 Å². The second-order valence-electron chi connectivity index (χ2n) is 2.65. The van der Waals surface area contributed by atoms with Crippen molar-refractivity contribution in [1.82, 2.24) is 5.32 Å². The number of hydrogen-bond donors (Lipinski definition) is 1. The molecular formula is C9H12ClNO3. The maximum absolute atomic E-state index is 11.3. The molecule has 1 amide bonds. The molecule has 0 saturated heterocycles. The van der Waals surface area contributed by atoms with Crippen molar-refractivity contribution >= 4 is 17.5 Å². The first-order valence-electron chi connectivity index (χ1n) is 4.19. The number of hydrogen-bond acceptors (Lipinski definition) is 3. The average Bonchev–Trinajstić information content (AvgIpc) is 2.66. The number of nitrogens with one attached hydrogen (secondary N) is 1. The molecule has 0 spiro atoms. The first-order valence-corrected chi connectivity index (χ1v) is 4.73. The Morgan fingerprint density at radius 2 is 2.43 bits per heavy atom. The lowest BCUT2D eigenvalue weighted by Crippen LogP contribution is -2.26. The fourth-order valence-electron chi connectivity index (χ4n) is 0.926. The molecule has 0 aliphatic carbocycles. The van der Waals surface area contributed by atoms with Crippen molar-refractivity contribution in [3.05, 3.63) is 23.7 Å². The topological polar surface area (TPSA) is 51.5 Å². The largest absolute Gasteiger partial charge is 0.455 e. The van der Waals surface area contributed by atoms with E-state index in [4.69, 9.17) is 20.8 Å². The van der Waals surface area contributed by atoms with Gasteiger partial charge in [0.15, 0.2) is 5.76 Å². The van der Waals surface area contributed by atoms with Gasteiger partial charge in [-0.1, -0.05) is 0 Å². The Hall–Kier alpha value is -1.00. The second kappa shape index (κ2) is 5.67. The summed E-state index contributed by atoms with van der Waals surface area (Å²) < 4.78 is 9.93. The summed E-state index contributed by atoms with van der Waals surface area (Å²) in [6.07, 6.45) is 0. The summed E-state index contributed by atoms with van der Waals surface area (Å²) >= 11 is 5.53. The molecule has 1 heterocycles. The fraction of sp³-hybridized carbons (Fsp3) is 0.444. The van der Waals surface area contributed by atoms with Crippen molar-refractivity contribution in [2.24, 2.45) is 0 Å². The number of ether oxygens (including phenoxy) is 1. The summed E-state index contributed by atoms with van der Waals surface area (Å²) in [5.74, 6) is 0.879. The van der Waals surface area contributed by atoms with Crippen LogP contribution in [0.2, 0.25) is 0 Å². The lowest BCUT2D eigenvalue weighted by molar-refractivity contribution is 0.0908. The third-order valence-corrected chi connectivity index (χ3v) is 1.87. The van der Waals surface area contributed by atoms with E-state index in [9.17, 15) is 4.79 Å². The summed E-state index contributed by atoms with van der Waals surface area (Å²) in [6.45, 7) is 0.945. The number of alkyl halides is 1. The number of carbonyl (C=O) groups excluding carboxylic acids is 1. The number of amides is 1. The van der Waals surface area contributed by atoms with Crippen LogP contribution >= 0.6 is 11.6 Å². The standard InChI is InChI=1S/C9H12ClNO3/c1-13-5-4-11-9(12)8-3-2-7(6-10)14-8/h2-3H,4-6H2,1H3,(H,11,12). The van der Waals surface area contributed by atoms with Crippen LogP contribution in [0.5, 0.6) is 0 Å². The minimum absolute atomic E-state index is 0.251. The Morgan fingerprint density at radius 1 is 1.64 bits per heavy atom. The normalized spacial score (nSPS) is 10.1. The molecule has 0 aromatic carbocycles. The summed E-state index contributed by atoms with van der Waals surface area (Å²) in [7, 11) is 1.57. The van der Waals surface area contributed by atoms with Gasteiger partial charge in [-0.3, -0.25) is 4.79 Å². The fourth-order valence-corrected chi connectivity index (χ4v) is 1.07. The quantitative estimate of drug-likeness (QED) is 0.599. The van der Waals surface area contributed by atoms with E-state index in [1.165, 1.54) is 0 Å². The summed E-state index contributed by atoms with van der Waals surface area (Å²) in [4.78, 5) is 11.3. The molecule has 78 valence electrons. The Morgan fingerprint density at radius 3 is 3.00 bits per heavy atom. The predicted molar refractivity (Wildman–Crippen MR) is 52.5 cm³/mol. The number of rotatable bonds is 5. The number of carbonyl (C=O) groups is 1. The van der Waals surface area contributed by atoms with Crippen LogP contribution in [0.1, 0.15) is 16.3 Å². The monoisotopic (exact) mass is 217 g/mol. The van der Waals surface area contributed by atoms with Gasteiger partial charge >= 0.3 is 0 Å². The lowest BCUT2D eigenvalue weighted by atomic mass is 10.4. The van der Waals surface area contributed by atoms with Crippen LogP contribution in [-0.4, -0.2) is 26.2 Å². The summed E-state index contributed by atoms with van der Waals surface area (Å²) in [6, 6.07) is 3.28. The van der Waals surface area contributed by atoms with E-state index in [-0.39, 0.29) is 17.5 Å². The van der Waals surface area contributed by atoms with Crippen molar-refractivity contribution in [1.29, 1.82) is 0 Å². The highest BCUT2D eigenvalue weighted by atomic mass is 35.5. The van der Waals surface area contributed by atoms with Gasteiger partial charge in [0.25, 0.3) is 5.91 Å².